The Balaban J connectivity index is 1.23. The number of nitrogens with one attached hydrogen (secondary N) is 1. The Hall–Kier alpha value is -4.00. The minimum absolute atomic E-state index is 0.163. The van der Waals surface area contributed by atoms with Crippen molar-refractivity contribution in [2.24, 2.45) is 0 Å². The number of ether oxygens (including phenoxy) is 2. The lowest BCUT2D eigenvalue weighted by atomic mass is 10.1. The van der Waals surface area contributed by atoms with Crippen LogP contribution in [-0.4, -0.2) is 35.7 Å². The zero-order chi connectivity index (χ0) is 26.6. The Morgan fingerprint density at radius 1 is 1.05 bits per heavy atom. The van der Waals surface area contributed by atoms with E-state index in [-0.39, 0.29) is 5.91 Å². The van der Waals surface area contributed by atoms with Crippen molar-refractivity contribution in [1.82, 2.24) is 14.9 Å². The van der Waals surface area contributed by atoms with E-state index >= 15 is 0 Å². The molecule has 4 aromatic rings. The van der Waals surface area contributed by atoms with Crippen LogP contribution in [-0.2, 0) is 19.4 Å². The lowest BCUT2D eigenvalue weighted by molar-refractivity contribution is 0.0925. The fraction of sp³-hybridized carbons (Fsp3) is 0.355. The van der Waals surface area contributed by atoms with E-state index in [9.17, 15) is 4.79 Å². The molecular formula is C31H37N3O4. The number of aryl methyl sites for hydroxylation is 2. The smallest absolute Gasteiger partial charge is 0.286 e. The predicted molar refractivity (Wildman–Crippen MR) is 150 cm³/mol. The second-order valence-electron chi connectivity index (χ2n) is 9.25. The highest BCUT2D eigenvalue weighted by Crippen LogP contribution is 2.28. The average molecular weight is 516 g/mol. The molecule has 7 nitrogen and oxygen atoms in total. The summed E-state index contributed by atoms with van der Waals surface area (Å²) in [7, 11) is 1.67. The Labute approximate surface area is 224 Å². The quantitative estimate of drug-likeness (QED) is 0.139. The van der Waals surface area contributed by atoms with Gasteiger partial charge in [-0.3, -0.25) is 4.79 Å². The number of furan rings is 1. The number of fused-ring (bicyclic) bond motifs is 1. The van der Waals surface area contributed by atoms with Gasteiger partial charge >= 0.3 is 0 Å². The zero-order valence-electron chi connectivity index (χ0n) is 22.2. The van der Waals surface area contributed by atoms with Crippen LogP contribution in [0.15, 0.2) is 77.9 Å². The van der Waals surface area contributed by atoms with Crippen LogP contribution in [0.4, 0.5) is 0 Å². The first-order chi connectivity index (χ1) is 18.7. The fourth-order valence-electron chi connectivity index (χ4n) is 4.53. The number of benzene rings is 2. The number of nitrogens with zero attached hydrogens (tertiary/aromatic N) is 2. The van der Waals surface area contributed by atoms with E-state index in [0.717, 1.165) is 79.9 Å². The maximum absolute atomic E-state index is 12.0. The molecule has 2 heterocycles. The third-order valence-electron chi connectivity index (χ3n) is 6.48. The largest absolute Gasteiger partial charge is 0.493 e. The van der Waals surface area contributed by atoms with Gasteiger partial charge in [0.25, 0.3) is 5.91 Å². The summed E-state index contributed by atoms with van der Waals surface area (Å²) in [6, 6.07) is 17.7. The lowest BCUT2D eigenvalue weighted by Gasteiger charge is -2.13. The third kappa shape index (κ3) is 7.28. The van der Waals surface area contributed by atoms with E-state index in [4.69, 9.17) is 18.9 Å². The van der Waals surface area contributed by atoms with Gasteiger partial charge in [0.1, 0.15) is 5.82 Å². The molecule has 0 saturated carbocycles. The molecule has 0 saturated heterocycles. The highest BCUT2D eigenvalue weighted by Gasteiger charge is 2.11. The van der Waals surface area contributed by atoms with Gasteiger partial charge < -0.3 is 23.8 Å². The minimum Gasteiger partial charge on any atom is -0.493 e. The fourth-order valence-corrected chi connectivity index (χ4v) is 4.53. The monoisotopic (exact) mass is 515 g/mol. The van der Waals surface area contributed by atoms with Crippen LogP contribution in [0.1, 0.15) is 54.0 Å². The molecule has 0 radical (unpaired) electrons. The van der Waals surface area contributed by atoms with Crippen molar-refractivity contribution in [3.05, 3.63) is 90.7 Å². The second-order valence-corrected chi connectivity index (χ2v) is 9.25. The number of carbonyl (C=O) groups excluding carboxylic acids is 1. The number of imidazole rings is 1. The van der Waals surface area contributed by atoms with Gasteiger partial charge in [-0.05, 0) is 74.1 Å². The van der Waals surface area contributed by atoms with Crippen molar-refractivity contribution in [3.63, 3.8) is 0 Å². The van der Waals surface area contributed by atoms with E-state index in [1.807, 2.05) is 24.3 Å². The Morgan fingerprint density at radius 3 is 2.76 bits per heavy atom. The molecule has 0 atom stereocenters. The molecule has 4 rings (SSSR count). The third-order valence-corrected chi connectivity index (χ3v) is 6.48. The van der Waals surface area contributed by atoms with Gasteiger partial charge in [-0.15, -0.1) is 6.58 Å². The van der Waals surface area contributed by atoms with Crippen molar-refractivity contribution in [2.45, 2.75) is 51.5 Å². The number of carbonyl (C=O) groups is 1. The van der Waals surface area contributed by atoms with E-state index < -0.39 is 0 Å². The van der Waals surface area contributed by atoms with Crippen molar-refractivity contribution in [3.8, 4) is 11.5 Å². The highest BCUT2D eigenvalue weighted by atomic mass is 16.5. The second kappa shape index (κ2) is 14.1. The molecule has 0 spiro atoms. The Morgan fingerprint density at radius 2 is 1.95 bits per heavy atom. The number of hydrogen-bond acceptors (Lipinski definition) is 5. The molecule has 2 aromatic carbocycles. The first-order valence-corrected chi connectivity index (χ1v) is 13.4. The molecule has 1 amide bonds. The van der Waals surface area contributed by atoms with Gasteiger partial charge in [-0.2, -0.15) is 0 Å². The number of allylic oxidation sites excluding steroid dienone is 1. The normalized spacial score (nSPS) is 11.0. The summed E-state index contributed by atoms with van der Waals surface area (Å²) >= 11 is 0. The van der Waals surface area contributed by atoms with Crippen LogP contribution in [0.25, 0.3) is 11.0 Å². The van der Waals surface area contributed by atoms with E-state index in [2.05, 4.69) is 40.7 Å². The SMILES string of the molecule is C=CCc1ccc(OCCCCn2c(CCCCCNC(=O)c3ccco3)nc3ccccc32)c(OC)c1. The van der Waals surface area contributed by atoms with Crippen LogP contribution >= 0.6 is 0 Å². The summed E-state index contributed by atoms with van der Waals surface area (Å²) in [4.78, 5) is 16.9. The number of amides is 1. The van der Waals surface area contributed by atoms with Gasteiger partial charge in [-0.1, -0.05) is 30.7 Å². The summed E-state index contributed by atoms with van der Waals surface area (Å²) in [5.74, 6) is 2.84. The van der Waals surface area contributed by atoms with Crippen molar-refractivity contribution in [2.75, 3.05) is 20.3 Å². The van der Waals surface area contributed by atoms with Crippen LogP contribution in [0.2, 0.25) is 0 Å². The lowest BCUT2D eigenvalue weighted by Crippen LogP contribution is -2.23. The number of rotatable bonds is 16. The van der Waals surface area contributed by atoms with Crippen LogP contribution in [0, 0.1) is 0 Å². The number of methoxy groups -OCH3 is 1. The first-order valence-electron chi connectivity index (χ1n) is 13.4. The maximum atomic E-state index is 12.0. The number of para-hydroxylation sites is 2. The molecule has 7 heteroatoms. The van der Waals surface area contributed by atoms with Gasteiger partial charge in [0.2, 0.25) is 0 Å². The topological polar surface area (TPSA) is 78.5 Å². The molecule has 1 N–H and O–H groups in total. The molecule has 0 bridgehead atoms. The maximum Gasteiger partial charge on any atom is 0.286 e. The molecule has 0 fully saturated rings. The molecular weight excluding hydrogens is 478 g/mol. The molecule has 200 valence electrons. The standard InChI is InChI=1S/C31H37N3O4/c1-3-12-24-17-18-27(29(23-24)36-2)37-21-10-9-20-34-26-14-7-6-13-25(26)33-30(34)16-5-4-8-19-32-31(35)28-15-11-22-38-28/h3,6-7,11,13-15,17-18,22-23H,1,4-5,8-10,12,16,19-21H2,2H3,(H,32,35). The summed E-state index contributed by atoms with van der Waals surface area (Å²) < 4.78 is 19.0. The summed E-state index contributed by atoms with van der Waals surface area (Å²) in [5.41, 5.74) is 3.37. The van der Waals surface area contributed by atoms with Gasteiger partial charge in [0, 0.05) is 19.5 Å². The first kappa shape index (κ1) is 27.0. The van der Waals surface area contributed by atoms with Crippen LogP contribution in [0.5, 0.6) is 11.5 Å². The highest BCUT2D eigenvalue weighted by molar-refractivity contribution is 5.91. The summed E-state index contributed by atoms with van der Waals surface area (Å²) in [6.45, 7) is 5.96. The van der Waals surface area contributed by atoms with Crippen LogP contribution < -0.4 is 14.8 Å². The van der Waals surface area contributed by atoms with Crippen molar-refractivity contribution in [1.29, 1.82) is 0 Å². The van der Waals surface area contributed by atoms with E-state index in [1.54, 1.807) is 19.2 Å². The van der Waals surface area contributed by atoms with Gasteiger partial charge in [0.05, 0.1) is 31.0 Å². The van der Waals surface area contributed by atoms with Crippen molar-refractivity contribution < 1.29 is 18.7 Å². The van der Waals surface area contributed by atoms with Crippen LogP contribution in [0.3, 0.4) is 0 Å². The molecule has 0 unspecified atom stereocenters. The molecule has 0 aliphatic carbocycles. The number of hydrogen-bond donors (Lipinski definition) is 1. The molecule has 38 heavy (non-hydrogen) atoms. The molecule has 0 aliphatic rings. The number of unbranched alkanes of at least 4 members (excludes halogenated alkanes) is 3. The summed E-state index contributed by atoms with van der Waals surface area (Å²) in [5, 5.41) is 2.91. The van der Waals surface area contributed by atoms with E-state index in [1.165, 1.54) is 11.8 Å². The molecule has 0 aliphatic heterocycles. The zero-order valence-corrected chi connectivity index (χ0v) is 22.2. The molecule has 2 aromatic heterocycles. The Kier molecular flexibility index (Phi) is 10.0. The predicted octanol–water partition coefficient (Wildman–Crippen LogP) is 6.37. The van der Waals surface area contributed by atoms with Gasteiger partial charge in [-0.25, -0.2) is 4.98 Å². The minimum atomic E-state index is -0.163. The average Bonchev–Trinajstić information content (AvgIpc) is 3.60. The van der Waals surface area contributed by atoms with E-state index in [0.29, 0.717) is 18.9 Å². The number of aromatic nitrogens is 2. The van der Waals surface area contributed by atoms with Crippen molar-refractivity contribution >= 4 is 16.9 Å². The Bertz CT molecular complexity index is 1310. The van der Waals surface area contributed by atoms with Gasteiger partial charge in [0.15, 0.2) is 17.3 Å². The summed E-state index contributed by atoms with van der Waals surface area (Å²) in [6.07, 6.45) is 9.98.